The highest BCUT2D eigenvalue weighted by molar-refractivity contribution is 7.80. The summed E-state index contributed by atoms with van der Waals surface area (Å²) in [5.74, 6) is 1.15. The molecule has 0 bridgehead atoms. The van der Waals surface area contributed by atoms with Gasteiger partial charge in [0.25, 0.3) is 5.89 Å². The van der Waals surface area contributed by atoms with Gasteiger partial charge in [-0.2, -0.15) is 4.98 Å². The first kappa shape index (κ1) is 22.5. The number of halogens is 1. The largest absolute Gasteiger partial charge is 0.497 e. The molecule has 3 aromatic rings. The number of hydrogen-bond donors (Lipinski definition) is 1. The Bertz CT molecular complexity index is 1240. The Morgan fingerprint density at radius 3 is 2.85 bits per heavy atom. The number of ether oxygens (including phenoxy) is 2. The number of aromatic nitrogens is 2. The maximum absolute atomic E-state index is 14.1. The Labute approximate surface area is 202 Å². The van der Waals surface area contributed by atoms with E-state index in [1.54, 1.807) is 13.2 Å². The maximum atomic E-state index is 14.1. The molecule has 1 N–H and O–H groups in total. The molecule has 1 aromatic heterocycles. The van der Waals surface area contributed by atoms with Gasteiger partial charge in [0.1, 0.15) is 11.6 Å². The Morgan fingerprint density at radius 1 is 1.24 bits per heavy atom. The van der Waals surface area contributed by atoms with Gasteiger partial charge >= 0.3 is 0 Å². The summed E-state index contributed by atoms with van der Waals surface area (Å²) in [4.78, 5) is 6.70. The lowest BCUT2D eigenvalue weighted by atomic mass is 9.94. The van der Waals surface area contributed by atoms with Crippen molar-refractivity contribution in [1.82, 2.24) is 20.4 Å². The minimum Gasteiger partial charge on any atom is -0.497 e. The van der Waals surface area contributed by atoms with E-state index in [2.05, 4.69) is 10.5 Å². The highest BCUT2D eigenvalue weighted by atomic mass is 32.1. The van der Waals surface area contributed by atoms with Crippen molar-refractivity contribution >= 4 is 22.9 Å². The van der Waals surface area contributed by atoms with Gasteiger partial charge < -0.3 is 24.2 Å². The van der Waals surface area contributed by atoms with Crippen molar-refractivity contribution in [2.75, 3.05) is 20.3 Å². The van der Waals surface area contributed by atoms with Crippen molar-refractivity contribution < 1.29 is 18.4 Å². The molecule has 2 aliphatic rings. The number of rotatable bonds is 6. The van der Waals surface area contributed by atoms with Crippen LogP contribution in [0.3, 0.4) is 0 Å². The lowest BCUT2D eigenvalue weighted by Crippen LogP contribution is -2.48. The predicted octanol–water partition coefficient (Wildman–Crippen LogP) is 4.73. The lowest BCUT2D eigenvalue weighted by molar-refractivity contribution is 0.0962. The van der Waals surface area contributed by atoms with Crippen LogP contribution in [-0.4, -0.2) is 46.5 Å². The summed E-state index contributed by atoms with van der Waals surface area (Å²) in [6, 6.07) is 13.4. The molecule has 5 rings (SSSR count). The zero-order valence-electron chi connectivity index (χ0n) is 19.0. The zero-order chi connectivity index (χ0) is 23.7. The number of thiocarbonyl (C=S) groups is 1. The normalized spacial score (nSPS) is 20.6. The van der Waals surface area contributed by atoms with E-state index < -0.39 is 6.04 Å². The molecule has 34 heavy (non-hydrogen) atoms. The molecule has 0 saturated carbocycles. The summed E-state index contributed by atoms with van der Waals surface area (Å²) >= 11 is 5.71. The van der Waals surface area contributed by atoms with Crippen molar-refractivity contribution in [1.29, 1.82) is 0 Å². The van der Waals surface area contributed by atoms with E-state index in [1.807, 2.05) is 42.2 Å². The third-order valence-corrected chi connectivity index (χ3v) is 6.51. The Hall–Kier alpha value is -3.30. The van der Waals surface area contributed by atoms with E-state index >= 15 is 0 Å². The minimum atomic E-state index is -0.442. The van der Waals surface area contributed by atoms with Gasteiger partial charge in [-0.3, -0.25) is 0 Å². The molecule has 2 aliphatic heterocycles. The Kier molecular flexibility index (Phi) is 6.30. The number of benzene rings is 2. The van der Waals surface area contributed by atoms with Gasteiger partial charge in [-0.25, -0.2) is 4.39 Å². The highest BCUT2D eigenvalue weighted by Crippen LogP contribution is 2.38. The van der Waals surface area contributed by atoms with Crippen molar-refractivity contribution in [2.45, 2.75) is 31.9 Å². The SMILES string of the molecule is COc1cccc(-c2noc(C3=C(C)N(CC4CCCO4)C(=S)NC3c3cccc(F)c3)n2)c1. The van der Waals surface area contributed by atoms with Crippen LogP contribution in [0, 0.1) is 5.82 Å². The molecule has 0 radical (unpaired) electrons. The Balaban J connectivity index is 1.57. The summed E-state index contributed by atoms with van der Waals surface area (Å²) in [7, 11) is 1.61. The summed E-state index contributed by atoms with van der Waals surface area (Å²) in [6.07, 6.45) is 2.11. The van der Waals surface area contributed by atoms with Crippen LogP contribution in [0.25, 0.3) is 17.0 Å². The van der Waals surface area contributed by atoms with Crippen LogP contribution in [0.2, 0.25) is 0 Å². The first-order chi connectivity index (χ1) is 16.5. The summed E-state index contributed by atoms with van der Waals surface area (Å²) in [5.41, 5.74) is 3.10. The van der Waals surface area contributed by atoms with Crippen LogP contribution in [-0.2, 0) is 4.74 Å². The monoisotopic (exact) mass is 480 g/mol. The third-order valence-electron chi connectivity index (χ3n) is 6.17. The van der Waals surface area contributed by atoms with Gasteiger partial charge in [0.05, 0.1) is 31.4 Å². The van der Waals surface area contributed by atoms with Gasteiger partial charge in [-0.05, 0) is 61.8 Å². The van der Waals surface area contributed by atoms with Crippen molar-refractivity contribution in [3.63, 3.8) is 0 Å². The minimum absolute atomic E-state index is 0.0942. The van der Waals surface area contributed by atoms with E-state index in [-0.39, 0.29) is 11.9 Å². The lowest BCUT2D eigenvalue weighted by Gasteiger charge is -2.38. The average molecular weight is 481 g/mol. The highest BCUT2D eigenvalue weighted by Gasteiger charge is 2.35. The average Bonchev–Trinajstić information content (AvgIpc) is 3.54. The van der Waals surface area contributed by atoms with E-state index in [4.69, 9.17) is 31.2 Å². The molecule has 0 spiro atoms. The topological polar surface area (TPSA) is 72.7 Å². The van der Waals surface area contributed by atoms with Gasteiger partial charge in [0.15, 0.2) is 5.11 Å². The first-order valence-electron chi connectivity index (χ1n) is 11.2. The smallest absolute Gasteiger partial charge is 0.258 e. The van der Waals surface area contributed by atoms with Crippen LogP contribution < -0.4 is 10.1 Å². The fraction of sp³-hybridized carbons (Fsp3) is 0.320. The van der Waals surface area contributed by atoms with Gasteiger partial charge in [0.2, 0.25) is 5.82 Å². The molecule has 2 unspecified atom stereocenters. The van der Waals surface area contributed by atoms with Crippen LogP contribution in [0.4, 0.5) is 4.39 Å². The number of nitrogens with zero attached hydrogens (tertiary/aromatic N) is 3. The van der Waals surface area contributed by atoms with Crippen LogP contribution in [0.1, 0.15) is 37.3 Å². The molecule has 7 nitrogen and oxygen atoms in total. The molecular weight excluding hydrogens is 455 g/mol. The molecule has 3 heterocycles. The van der Waals surface area contributed by atoms with Crippen LogP contribution in [0.15, 0.2) is 58.8 Å². The van der Waals surface area contributed by atoms with Crippen molar-refractivity contribution in [2.24, 2.45) is 0 Å². The van der Waals surface area contributed by atoms with E-state index in [0.29, 0.717) is 29.1 Å². The molecule has 2 atom stereocenters. The van der Waals surface area contributed by atoms with E-state index in [1.165, 1.54) is 12.1 Å². The van der Waals surface area contributed by atoms with Crippen molar-refractivity contribution in [3.8, 4) is 17.1 Å². The quantitative estimate of drug-likeness (QED) is 0.508. The summed E-state index contributed by atoms with van der Waals surface area (Å²) in [6.45, 7) is 3.35. The number of nitrogens with one attached hydrogen (secondary N) is 1. The third kappa shape index (κ3) is 4.41. The second-order valence-corrected chi connectivity index (χ2v) is 8.72. The first-order valence-corrected chi connectivity index (χ1v) is 11.6. The molecule has 9 heteroatoms. The van der Waals surface area contributed by atoms with E-state index in [9.17, 15) is 4.39 Å². The number of allylic oxidation sites excluding steroid dienone is 1. The fourth-order valence-corrected chi connectivity index (χ4v) is 4.75. The second kappa shape index (κ2) is 9.52. The molecule has 1 saturated heterocycles. The summed E-state index contributed by atoms with van der Waals surface area (Å²) in [5, 5.41) is 8.12. The zero-order valence-corrected chi connectivity index (χ0v) is 19.8. The molecule has 2 aromatic carbocycles. The van der Waals surface area contributed by atoms with Gasteiger partial charge in [-0.15, -0.1) is 0 Å². The molecule has 0 aliphatic carbocycles. The predicted molar refractivity (Wildman–Crippen MR) is 129 cm³/mol. The maximum Gasteiger partial charge on any atom is 0.258 e. The standard InChI is InChI=1S/C25H25FN4O3S/c1-15-21(24-28-23(29-33-24)17-7-4-9-19(13-17)31-2)22(16-6-3-8-18(26)12-16)27-25(34)30(15)14-20-10-5-11-32-20/h3-4,6-9,12-13,20,22H,5,10-11,14H2,1-2H3,(H,27,34). The molecule has 176 valence electrons. The molecule has 1 fully saturated rings. The Morgan fingerprint density at radius 2 is 2.09 bits per heavy atom. The number of methoxy groups -OCH3 is 1. The number of hydrogen-bond acceptors (Lipinski definition) is 6. The second-order valence-electron chi connectivity index (χ2n) is 8.34. The fourth-order valence-electron chi connectivity index (χ4n) is 4.42. The molecule has 0 amide bonds. The van der Waals surface area contributed by atoms with E-state index in [0.717, 1.165) is 41.8 Å². The molecular formula is C25H25FN4O3S. The van der Waals surface area contributed by atoms with Crippen LogP contribution in [0.5, 0.6) is 5.75 Å². The van der Waals surface area contributed by atoms with Crippen molar-refractivity contribution in [3.05, 3.63) is 71.5 Å². The summed E-state index contributed by atoms with van der Waals surface area (Å²) < 4.78 is 31.0. The van der Waals surface area contributed by atoms with Gasteiger partial charge in [-0.1, -0.05) is 29.4 Å². The van der Waals surface area contributed by atoms with Crippen LogP contribution >= 0.6 is 12.2 Å². The van der Waals surface area contributed by atoms with Gasteiger partial charge in [0, 0.05) is 17.9 Å².